The molecule has 1 aromatic carbocycles. The Morgan fingerprint density at radius 1 is 1.23 bits per heavy atom. The molecule has 8 nitrogen and oxygen atoms in total. The number of aliphatic hydroxyl groups is 1. The van der Waals surface area contributed by atoms with Crippen molar-refractivity contribution in [2.24, 2.45) is 11.8 Å². The standard InChI is InChI=1S/C27H35N3O5/c1-18-15-30(19(2)17-31)27(33)23-13-22(20-7-5-4-6-8-20)14-28-25(23)35-24(18)16-29(3)26(32)21-9-11-34-12-10-21/h4-8,13-14,18-19,21,24,31H,9-12,15-17H2,1-3H3/t18-,19+,24-/m1/s1. The average Bonchev–Trinajstić information content (AvgIpc) is 2.90. The second-order valence-electron chi connectivity index (χ2n) is 9.67. The Balaban J connectivity index is 1.64. The van der Waals surface area contributed by atoms with Crippen molar-refractivity contribution >= 4 is 11.8 Å². The molecule has 0 aliphatic carbocycles. The van der Waals surface area contributed by atoms with E-state index in [1.807, 2.05) is 44.2 Å². The second kappa shape index (κ2) is 11.2. The Bertz CT molecular complexity index is 1020. The molecule has 1 aromatic heterocycles. The van der Waals surface area contributed by atoms with Gasteiger partial charge >= 0.3 is 0 Å². The van der Waals surface area contributed by atoms with Gasteiger partial charge in [-0.1, -0.05) is 37.3 Å². The zero-order valence-electron chi connectivity index (χ0n) is 20.7. The molecule has 35 heavy (non-hydrogen) atoms. The van der Waals surface area contributed by atoms with Gasteiger partial charge in [0.25, 0.3) is 5.91 Å². The summed E-state index contributed by atoms with van der Waals surface area (Å²) >= 11 is 0. The van der Waals surface area contributed by atoms with E-state index in [4.69, 9.17) is 9.47 Å². The minimum Gasteiger partial charge on any atom is -0.472 e. The number of amides is 2. The molecule has 1 N–H and O–H groups in total. The van der Waals surface area contributed by atoms with Crippen LogP contribution in [0.2, 0.25) is 0 Å². The Kier molecular flexibility index (Phi) is 8.03. The first-order valence-corrected chi connectivity index (χ1v) is 12.4. The number of carbonyl (C=O) groups is 2. The fraction of sp³-hybridized carbons (Fsp3) is 0.519. The number of carbonyl (C=O) groups excluding carboxylic acids is 2. The number of aromatic nitrogens is 1. The normalized spacial score (nSPS) is 21.9. The van der Waals surface area contributed by atoms with E-state index in [9.17, 15) is 14.7 Å². The van der Waals surface area contributed by atoms with Crippen LogP contribution in [0.4, 0.5) is 0 Å². The molecular weight excluding hydrogens is 446 g/mol. The summed E-state index contributed by atoms with van der Waals surface area (Å²) in [7, 11) is 1.80. The van der Waals surface area contributed by atoms with Crippen LogP contribution in [-0.2, 0) is 9.53 Å². The Morgan fingerprint density at radius 2 is 1.94 bits per heavy atom. The predicted octanol–water partition coefficient (Wildman–Crippen LogP) is 2.85. The topological polar surface area (TPSA) is 92.2 Å². The van der Waals surface area contributed by atoms with Crippen molar-refractivity contribution in [2.75, 3.05) is 40.0 Å². The molecule has 2 amide bonds. The molecule has 0 radical (unpaired) electrons. The molecular formula is C27H35N3O5. The maximum Gasteiger partial charge on any atom is 0.259 e. The molecule has 2 aliphatic rings. The summed E-state index contributed by atoms with van der Waals surface area (Å²) in [4.78, 5) is 34.6. The molecule has 0 spiro atoms. The quantitative estimate of drug-likeness (QED) is 0.682. The van der Waals surface area contributed by atoms with Gasteiger partial charge in [-0.2, -0.15) is 0 Å². The maximum absolute atomic E-state index is 13.6. The predicted molar refractivity (Wildman–Crippen MR) is 132 cm³/mol. The summed E-state index contributed by atoms with van der Waals surface area (Å²) in [5.74, 6) is 0.0121. The molecule has 2 aromatic rings. The minimum absolute atomic E-state index is 0.0380. The molecule has 3 atom stereocenters. The number of aliphatic hydroxyl groups excluding tert-OH is 1. The van der Waals surface area contributed by atoms with Gasteiger partial charge < -0.3 is 24.4 Å². The van der Waals surface area contributed by atoms with Crippen LogP contribution in [0.25, 0.3) is 11.1 Å². The monoisotopic (exact) mass is 481 g/mol. The Morgan fingerprint density at radius 3 is 2.63 bits per heavy atom. The van der Waals surface area contributed by atoms with E-state index in [1.165, 1.54) is 0 Å². The smallest absolute Gasteiger partial charge is 0.259 e. The van der Waals surface area contributed by atoms with Crippen LogP contribution in [0.5, 0.6) is 5.88 Å². The van der Waals surface area contributed by atoms with Gasteiger partial charge in [0.05, 0.1) is 19.2 Å². The zero-order chi connectivity index (χ0) is 24.9. The highest BCUT2D eigenvalue weighted by Gasteiger charge is 2.35. The third-order valence-electron chi connectivity index (χ3n) is 7.03. The highest BCUT2D eigenvalue weighted by atomic mass is 16.5. The summed E-state index contributed by atoms with van der Waals surface area (Å²) < 4.78 is 11.7. The van der Waals surface area contributed by atoms with Crippen LogP contribution in [-0.4, -0.2) is 83.8 Å². The van der Waals surface area contributed by atoms with E-state index >= 15 is 0 Å². The molecule has 1 fully saturated rings. The van der Waals surface area contributed by atoms with Crippen molar-refractivity contribution in [1.29, 1.82) is 0 Å². The molecule has 1 saturated heterocycles. The molecule has 3 heterocycles. The lowest BCUT2D eigenvalue weighted by molar-refractivity contribution is -0.138. The number of likely N-dealkylation sites (N-methyl/N-ethyl adjacent to an activating group) is 1. The number of ether oxygens (including phenoxy) is 2. The minimum atomic E-state index is -0.362. The first-order valence-electron chi connectivity index (χ1n) is 12.4. The molecule has 188 valence electrons. The van der Waals surface area contributed by atoms with E-state index in [1.54, 1.807) is 29.1 Å². The number of fused-ring (bicyclic) bond motifs is 1. The van der Waals surface area contributed by atoms with Crippen molar-refractivity contribution in [1.82, 2.24) is 14.8 Å². The van der Waals surface area contributed by atoms with Gasteiger partial charge in [-0.3, -0.25) is 9.59 Å². The van der Waals surface area contributed by atoms with Crippen molar-refractivity contribution < 1.29 is 24.2 Å². The van der Waals surface area contributed by atoms with Crippen LogP contribution in [0.1, 0.15) is 37.0 Å². The zero-order valence-corrected chi connectivity index (χ0v) is 20.7. The number of hydrogen-bond donors (Lipinski definition) is 1. The van der Waals surface area contributed by atoms with Crippen LogP contribution < -0.4 is 4.74 Å². The lowest BCUT2D eigenvalue weighted by Crippen LogP contribution is -2.51. The SMILES string of the molecule is C[C@@H]1CN([C@@H](C)CO)C(=O)c2cc(-c3ccccc3)cnc2O[C@@H]1CN(C)C(=O)C1CCOCC1. The number of benzene rings is 1. The summed E-state index contributed by atoms with van der Waals surface area (Å²) in [5.41, 5.74) is 2.13. The maximum atomic E-state index is 13.6. The van der Waals surface area contributed by atoms with Gasteiger partial charge in [0, 0.05) is 50.4 Å². The van der Waals surface area contributed by atoms with Gasteiger partial charge in [-0.15, -0.1) is 0 Å². The lowest BCUT2D eigenvalue weighted by Gasteiger charge is -2.38. The Labute approximate surface area is 206 Å². The van der Waals surface area contributed by atoms with Crippen molar-refractivity contribution in [3.05, 3.63) is 48.2 Å². The lowest BCUT2D eigenvalue weighted by atomic mass is 9.97. The highest BCUT2D eigenvalue weighted by Crippen LogP contribution is 2.30. The van der Waals surface area contributed by atoms with E-state index in [-0.39, 0.29) is 48.3 Å². The van der Waals surface area contributed by atoms with Gasteiger partial charge in [-0.05, 0) is 31.4 Å². The number of nitrogens with zero attached hydrogens (tertiary/aromatic N) is 3. The van der Waals surface area contributed by atoms with Crippen molar-refractivity contribution in [3.63, 3.8) is 0 Å². The molecule has 0 bridgehead atoms. The Hall–Kier alpha value is -2.97. The third-order valence-corrected chi connectivity index (χ3v) is 7.03. The summed E-state index contributed by atoms with van der Waals surface area (Å²) in [6.45, 7) is 5.69. The summed E-state index contributed by atoms with van der Waals surface area (Å²) in [5, 5.41) is 9.86. The third kappa shape index (κ3) is 5.65. The molecule has 4 rings (SSSR count). The molecule has 0 saturated carbocycles. The van der Waals surface area contributed by atoms with E-state index in [0.29, 0.717) is 31.9 Å². The highest BCUT2D eigenvalue weighted by molar-refractivity contribution is 5.98. The van der Waals surface area contributed by atoms with E-state index in [2.05, 4.69) is 4.98 Å². The number of hydrogen-bond acceptors (Lipinski definition) is 6. The molecule has 2 aliphatic heterocycles. The fourth-order valence-corrected chi connectivity index (χ4v) is 4.72. The fourth-order valence-electron chi connectivity index (χ4n) is 4.72. The average molecular weight is 482 g/mol. The van der Waals surface area contributed by atoms with Crippen LogP contribution in [0, 0.1) is 11.8 Å². The van der Waals surface area contributed by atoms with E-state index in [0.717, 1.165) is 24.0 Å². The first kappa shape index (κ1) is 25.1. The van der Waals surface area contributed by atoms with Gasteiger partial charge in [0.15, 0.2) is 0 Å². The largest absolute Gasteiger partial charge is 0.472 e. The van der Waals surface area contributed by atoms with Crippen LogP contribution >= 0.6 is 0 Å². The van der Waals surface area contributed by atoms with Crippen molar-refractivity contribution in [2.45, 2.75) is 38.8 Å². The number of rotatable bonds is 6. The van der Waals surface area contributed by atoms with Crippen LogP contribution in [0.15, 0.2) is 42.6 Å². The van der Waals surface area contributed by atoms with Crippen LogP contribution in [0.3, 0.4) is 0 Å². The van der Waals surface area contributed by atoms with Gasteiger partial charge in [0.1, 0.15) is 11.7 Å². The summed E-state index contributed by atoms with van der Waals surface area (Å²) in [6, 6.07) is 11.2. The number of pyridine rings is 1. The first-order chi connectivity index (χ1) is 16.9. The van der Waals surface area contributed by atoms with Crippen molar-refractivity contribution in [3.8, 4) is 17.0 Å². The van der Waals surface area contributed by atoms with Gasteiger partial charge in [0.2, 0.25) is 11.8 Å². The van der Waals surface area contributed by atoms with Gasteiger partial charge in [-0.25, -0.2) is 4.98 Å². The molecule has 8 heteroatoms. The summed E-state index contributed by atoms with van der Waals surface area (Å²) in [6.07, 6.45) is 2.81. The van der Waals surface area contributed by atoms with E-state index < -0.39 is 0 Å². The second-order valence-corrected chi connectivity index (χ2v) is 9.67. The molecule has 0 unspecified atom stereocenters.